The Balaban J connectivity index is 2.07. The van der Waals surface area contributed by atoms with E-state index in [0.29, 0.717) is 18.8 Å². The van der Waals surface area contributed by atoms with Crippen LogP contribution in [0.1, 0.15) is 64.0 Å². The largest absolute Gasteiger partial charge is 0.493 e. The van der Waals surface area contributed by atoms with Crippen LogP contribution in [0.3, 0.4) is 0 Å². The summed E-state index contributed by atoms with van der Waals surface area (Å²) in [6.45, 7) is 8.29. The van der Waals surface area contributed by atoms with Crippen LogP contribution in [0.5, 0.6) is 11.5 Å². The molecule has 0 bridgehead atoms. The molecule has 0 radical (unpaired) electrons. The topological polar surface area (TPSA) is 44.8 Å². The monoisotopic (exact) mass is 384 g/mol. The van der Waals surface area contributed by atoms with E-state index in [1.54, 1.807) is 7.11 Å². The van der Waals surface area contributed by atoms with Crippen LogP contribution in [0.4, 0.5) is 0 Å². The Morgan fingerprint density at radius 2 is 1.75 bits per heavy atom. The second-order valence-electron chi connectivity index (χ2n) is 7.91. The first-order chi connectivity index (χ1) is 13.3. The molecule has 4 nitrogen and oxygen atoms in total. The zero-order valence-corrected chi connectivity index (χ0v) is 17.7. The number of carbonyl (C=O) groups excluding carboxylic acids is 1. The summed E-state index contributed by atoms with van der Waals surface area (Å²) in [4.78, 5) is 12.1. The van der Waals surface area contributed by atoms with Gasteiger partial charge in [-0.2, -0.15) is 0 Å². The molecule has 2 aromatic rings. The van der Waals surface area contributed by atoms with Crippen LogP contribution < -0.4 is 9.47 Å². The fourth-order valence-corrected chi connectivity index (χ4v) is 3.09. The highest BCUT2D eigenvalue weighted by Crippen LogP contribution is 2.34. The van der Waals surface area contributed by atoms with Crippen LogP contribution in [0.15, 0.2) is 48.5 Å². The third-order valence-electron chi connectivity index (χ3n) is 4.51. The molecule has 0 amide bonds. The molecule has 0 spiro atoms. The number of ether oxygens (including phenoxy) is 3. The number of methoxy groups -OCH3 is 1. The Bertz CT molecular complexity index is 747. The summed E-state index contributed by atoms with van der Waals surface area (Å²) >= 11 is 0. The molecule has 0 heterocycles. The van der Waals surface area contributed by atoms with Crippen molar-refractivity contribution in [2.75, 3.05) is 7.11 Å². The van der Waals surface area contributed by atoms with Crippen LogP contribution in [0.2, 0.25) is 0 Å². The minimum absolute atomic E-state index is 0.153. The summed E-state index contributed by atoms with van der Waals surface area (Å²) in [5.41, 5.74) is 1.80. The van der Waals surface area contributed by atoms with Crippen molar-refractivity contribution >= 4 is 5.97 Å². The smallest absolute Gasteiger partial charge is 0.306 e. The highest BCUT2D eigenvalue weighted by Gasteiger charge is 2.19. The number of esters is 1. The van der Waals surface area contributed by atoms with Crippen molar-refractivity contribution in [2.45, 2.75) is 65.1 Å². The first-order valence-corrected chi connectivity index (χ1v) is 9.89. The van der Waals surface area contributed by atoms with E-state index in [-0.39, 0.29) is 11.9 Å². The normalized spacial score (nSPS) is 12.3. The fourth-order valence-electron chi connectivity index (χ4n) is 3.09. The molecule has 152 valence electrons. The molecule has 0 aliphatic heterocycles. The molecular weight excluding hydrogens is 352 g/mol. The van der Waals surface area contributed by atoms with E-state index in [1.807, 2.05) is 63.2 Å². The van der Waals surface area contributed by atoms with Gasteiger partial charge >= 0.3 is 5.97 Å². The SMILES string of the molecule is CC[C@@H](CCC(=O)OC(C)(C)C)c1ccc(OC)c(OCc2ccccc2)c1. The van der Waals surface area contributed by atoms with Gasteiger partial charge in [-0.1, -0.05) is 43.3 Å². The molecule has 0 aliphatic rings. The molecule has 0 saturated carbocycles. The fraction of sp³-hybridized carbons (Fsp3) is 0.458. The molecule has 1 atom stereocenters. The van der Waals surface area contributed by atoms with Crippen LogP contribution in [0.25, 0.3) is 0 Å². The zero-order valence-electron chi connectivity index (χ0n) is 17.7. The Morgan fingerprint density at radius 1 is 1.04 bits per heavy atom. The first kappa shape index (κ1) is 21.8. The van der Waals surface area contributed by atoms with Gasteiger partial charge in [0.2, 0.25) is 0 Å². The van der Waals surface area contributed by atoms with Crippen molar-refractivity contribution in [3.05, 3.63) is 59.7 Å². The van der Waals surface area contributed by atoms with Crippen molar-refractivity contribution < 1.29 is 19.0 Å². The summed E-state index contributed by atoms with van der Waals surface area (Å²) < 4.78 is 16.9. The summed E-state index contributed by atoms with van der Waals surface area (Å²) in [6, 6.07) is 16.1. The van der Waals surface area contributed by atoms with E-state index in [9.17, 15) is 4.79 Å². The maximum absolute atomic E-state index is 12.1. The van der Waals surface area contributed by atoms with Gasteiger partial charge in [0.15, 0.2) is 11.5 Å². The lowest BCUT2D eigenvalue weighted by Crippen LogP contribution is -2.24. The summed E-state index contributed by atoms with van der Waals surface area (Å²) in [7, 11) is 1.64. The van der Waals surface area contributed by atoms with Gasteiger partial charge in [0.25, 0.3) is 0 Å². The van der Waals surface area contributed by atoms with Crippen molar-refractivity contribution in [3.63, 3.8) is 0 Å². The van der Waals surface area contributed by atoms with Crippen LogP contribution >= 0.6 is 0 Å². The maximum Gasteiger partial charge on any atom is 0.306 e. The summed E-state index contributed by atoms with van der Waals surface area (Å²) in [6.07, 6.45) is 2.09. The minimum Gasteiger partial charge on any atom is -0.493 e. The van der Waals surface area contributed by atoms with Gasteiger partial charge in [-0.15, -0.1) is 0 Å². The molecule has 4 heteroatoms. The van der Waals surface area contributed by atoms with E-state index in [0.717, 1.165) is 29.7 Å². The minimum atomic E-state index is -0.447. The number of rotatable bonds is 9. The first-order valence-electron chi connectivity index (χ1n) is 9.89. The molecule has 28 heavy (non-hydrogen) atoms. The number of hydrogen-bond acceptors (Lipinski definition) is 4. The van der Waals surface area contributed by atoms with E-state index in [1.165, 1.54) is 0 Å². The molecule has 0 unspecified atom stereocenters. The quantitative estimate of drug-likeness (QED) is 0.506. The molecule has 0 aromatic heterocycles. The van der Waals surface area contributed by atoms with Crippen LogP contribution in [0, 0.1) is 0 Å². The van der Waals surface area contributed by atoms with Gasteiger partial charge in [-0.05, 0) is 62.8 Å². The van der Waals surface area contributed by atoms with Gasteiger partial charge < -0.3 is 14.2 Å². The average molecular weight is 385 g/mol. The highest BCUT2D eigenvalue weighted by atomic mass is 16.6. The van der Waals surface area contributed by atoms with Crippen LogP contribution in [-0.2, 0) is 16.1 Å². The van der Waals surface area contributed by atoms with E-state index in [2.05, 4.69) is 13.0 Å². The molecule has 0 N–H and O–H groups in total. The van der Waals surface area contributed by atoms with E-state index >= 15 is 0 Å². The molecule has 0 saturated heterocycles. The Morgan fingerprint density at radius 3 is 2.36 bits per heavy atom. The number of hydrogen-bond donors (Lipinski definition) is 0. The van der Waals surface area contributed by atoms with Gasteiger partial charge in [0, 0.05) is 6.42 Å². The lowest BCUT2D eigenvalue weighted by molar-refractivity contribution is -0.155. The van der Waals surface area contributed by atoms with E-state index < -0.39 is 5.60 Å². The molecule has 0 aliphatic carbocycles. The second-order valence-corrected chi connectivity index (χ2v) is 7.91. The predicted molar refractivity (Wildman–Crippen MR) is 112 cm³/mol. The standard InChI is InChI=1S/C24H32O4/c1-6-19(13-15-23(25)28-24(2,3)4)20-12-14-21(26-5)22(16-20)27-17-18-10-8-7-9-11-18/h7-12,14,16,19H,6,13,15,17H2,1-5H3/t19-/m0/s1. The third-order valence-corrected chi connectivity index (χ3v) is 4.51. The molecule has 0 fully saturated rings. The van der Waals surface area contributed by atoms with Gasteiger partial charge in [0.05, 0.1) is 7.11 Å². The number of carbonyl (C=O) groups is 1. The Hall–Kier alpha value is -2.49. The summed E-state index contributed by atoms with van der Waals surface area (Å²) in [5.74, 6) is 1.54. The average Bonchev–Trinajstić information content (AvgIpc) is 2.66. The summed E-state index contributed by atoms with van der Waals surface area (Å²) in [5, 5.41) is 0. The van der Waals surface area contributed by atoms with E-state index in [4.69, 9.17) is 14.2 Å². The zero-order chi connectivity index (χ0) is 20.6. The van der Waals surface area contributed by atoms with Gasteiger partial charge in [-0.25, -0.2) is 0 Å². The molecule has 2 aromatic carbocycles. The molecular formula is C24H32O4. The van der Waals surface area contributed by atoms with Crippen molar-refractivity contribution in [1.82, 2.24) is 0 Å². The van der Waals surface area contributed by atoms with Gasteiger partial charge in [0.1, 0.15) is 12.2 Å². The second kappa shape index (κ2) is 10.2. The highest BCUT2D eigenvalue weighted by molar-refractivity contribution is 5.69. The lowest BCUT2D eigenvalue weighted by atomic mass is 9.91. The number of benzene rings is 2. The maximum atomic E-state index is 12.1. The van der Waals surface area contributed by atoms with Gasteiger partial charge in [-0.3, -0.25) is 4.79 Å². The van der Waals surface area contributed by atoms with Crippen molar-refractivity contribution in [1.29, 1.82) is 0 Å². The van der Waals surface area contributed by atoms with Crippen molar-refractivity contribution in [2.24, 2.45) is 0 Å². The molecule has 2 rings (SSSR count). The Kier molecular flexibility index (Phi) is 7.91. The third kappa shape index (κ3) is 6.91. The van der Waals surface area contributed by atoms with Crippen molar-refractivity contribution in [3.8, 4) is 11.5 Å². The Labute approximate surface area is 168 Å². The predicted octanol–water partition coefficient (Wildman–Crippen LogP) is 5.89. The lowest BCUT2D eigenvalue weighted by Gasteiger charge is -2.21. The van der Waals surface area contributed by atoms with Crippen LogP contribution in [-0.4, -0.2) is 18.7 Å².